The van der Waals surface area contributed by atoms with E-state index in [1.165, 1.54) is 18.2 Å². The highest BCUT2D eigenvalue weighted by molar-refractivity contribution is 5.77. The molecule has 3 N–H and O–H groups in total. The number of hydrogen-bond donors (Lipinski definition) is 3. The SMILES string of the molecule is COc1cccc(C(C)C(=O)OCc2ccccc2C2(O)NC(O)c3cc([N+](=O)[O-])ccc32)c1. The Balaban J connectivity index is 1.58. The van der Waals surface area contributed by atoms with Crippen molar-refractivity contribution in [3.8, 4) is 5.75 Å². The minimum atomic E-state index is -1.83. The highest BCUT2D eigenvalue weighted by Gasteiger charge is 2.44. The van der Waals surface area contributed by atoms with E-state index in [1.54, 1.807) is 56.5 Å². The van der Waals surface area contributed by atoms with Crippen molar-refractivity contribution in [3.63, 3.8) is 0 Å². The quantitative estimate of drug-likeness (QED) is 0.276. The van der Waals surface area contributed by atoms with Crippen molar-refractivity contribution in [3.05, 3.63) is 105 Å². The third-order valence-corrected chi connectivity index (χ3v) is 6.00. The molecule has 4 rings (SSSR count). The summed E-state index contributed by atoms with van der Waals surface area (Å²) >= 11 is 0. The fourth-order valence-corrected chi connectivity index (χ4v) is 4.12. The minimum absolute atomic E-state index is 0.119. The molecule has 34 heavy (non-hydrogen) atoms. The first-order chi connectivity index (χ1) is 16.2. The lowest BCUT2D eigenvalue weighted by Gasteiger charge is -2.28. The zero-order valence-electron chi connectivity index (χ0n) is 18.6. The van der Waals surface area contributed by atoms with Crippen LogP contribution in [0.1, 0.15) is 46.9 Å². The molecule has 3 atom stereocenters. The minimum Gasteiger partial charge on any atom is -0.497 e. The van der Waals surface area contributed by atoms with Crippen LogP contribution in [0, 0.1) is 10.1 Å². The summed E-state index contributed by atoms with van der Waals surface area (Å²) in [5.74, 6) is -0.363. The first-order valence-corrected chi connectivity index (χ1v) is 10.6. The number of aliphatic hydroxyl groups excluding tert-OH is 1. The molecule has 176 valence electrons. The molecule has 3 aromatic carbocycles. The van der Waals surface area contributed by atoms with E-state index in [1.807, 2.05) is 6.07 Å². The summed E-state index contributed by atoms with van der Waals surface area (Å²) < 4.78 is 10.8. The van der Waals surface area contributed by atoms with Crippen LogP contribution in [-0.2, 0) is 21.9 Å². The number of carbonyl (C=O) groups is 1. The molecule has 0 aromatic heterocycles. The average Bonchev–Trinajstić information content (AvgIpc) is 3.12. The summed E-state index contributed by atoms with van der Waals surface area (Å²) in [5.41, 5.74) is 0.0884. The van der Waals surface area contributed by atoms with Crippen LogP contribution in [0.25, 0.3) is 0 Å². The van der Waals surface area contributed by atoms with Gasteiger partial charge in [0.05, 0.1) is 18.0 Å². The van der Waals surface area contributed by atoms with Gasteiger partial charge in [-0.15, -0.1) is 0 Å². The van der Waals surface area contributed by atoms with Crippen LogP contribution in [0.5, 0.6) is 5.75 Å². The molecule has 0 spiro atoms. The standard InChI is InChI=1S/C25H24N2O7/c1-15(16-7-5-8-19(12-16)33-2)24(29)34-14-17-6-3-4-9-21(17)25(30)22-11-10-18(27(31)32)13-20(22)23(28)26-25/h3-13,15,23,26,28,30H,14H2,1-2H3. The summed E-state index contributed by atoms with van der Waals surface area (Å²) in [6.07, 6.45) is -1.32. The van der Waals surface area contributed by atoms with E-state index in [-0.39, 0.29) is 23.4 Å². The van der Waals surface area contributed by atoms with Crippen molar-refractivity contribution < 1.29 is 29.4 Å². The van der Waals surface area contributed by atoms with Gasteiger partial charge in [-0.05, 0) is 36.2 Å². The summed E-state index contributed by atoms with van der Waals surface area (Å²) in [6.45, 7) is 1.61. The monoisotopic (exact) mass is 464 g/mol. The molecule has 0 saturated heterocycles. The summed E-state index contributed by atoms with van der Waals surface area (Å²) in [6, 6.07) is 17.8. The molecule has 3 unspecified atom stereocenters. The Bertz CT molecular complexity index is 1250. The Morgan fingerprint density at radius 2 is 1.91 bits per heavy atom. The largest absolute Gasteiger partial charge is 0.497 e. The first-order valence-electron chi connectivity index (χ1n) is 10.6. The molecule has 0 bridgehead atoms. The fourth-order valence-electron chi connectivity index (χ4n) is 4.12. The lowest BCUT2D eigenvalue weighted by atomic mass is 9.91. The van der Waals surface area contributed by atoms with Gasteiger partial charge in [0.2, 0.25) is 0 Å². The second-order valence-electron chi connectivity index (χ2n) is 8.05. The van der Waals surface area contributed by atoms with Crippen molar-refractivity contribution in [2.45, 2.75) is 31.4 Å². The number of nitro groups is 1. The molecule has 0 saturated carbocycles. The number of fused-ring (bicyclic) bond motifs is 1. The van der Waals surface area contributed by atoms with Gasteiger partial charge in [0.25, 0.3) is 5.69 Å². The van der Waals surface area contributed by atoms with Gasteiger partial charge < -0.3 is 19.7 Å². The molecule has 1 aliphatic rings. The number of hydrogen-bond acceptors (Lipinski definition) is 8. The number of nitrogens with one attached hydrogen (secondary N) is 1. The van der Waals surface area contributed by atoms with Crippen LogP contribution >= 0.6 is 0 Å². The Hall–Kier alpha value is -3.79. The molecule has 1 aliphatic heterocycles. The normalized spacial score (nSPS) is 19.8. The summed E-state index contributed by atoms with van der Waals surface area (Å²) in [5, 5.41) is 35.8. The van der Waals surface area contributed by atoms with E-state index in [9.17, 15) is 25.1 Å². The Kier molecular flexibility index (Phi) is 6.34. The molecule has 0 fully saturated rings. The number of non-ortho nitro benzene ring substituents is 1. The summed E-state index contributed by atoms with van der Waals surface area (Å²) in [4.78, 5) is 23.3. The van der Waals surface area contributed by atoms with Crippen molar-refractivity contribution in [2.75, 3.05) is 7.11 Å². The lowest BCUT2D eigenvalue weighted by Crippen LogP contribution is -2.40. The Labute approximate surface area is 195 Å². The van der Waals surface area contributed by atoms with E-state index in [0.717, 1.165) is 5.56 Å². The van der Waals surface area contributed by atoms with E-state index in [4.69, 9.17) is 9.47 Å². The Morgan fingerprint density at radius 1 is 1.15 bits per heavy atom. The number of methoxy groups -OCH3 is 1. The van der Waals surface area contributed by atoms with Crippen LogP contribution < -0.4 is 10.1 Å². The number of benzene rings is 3. The number of ether oxygens (including phenoxy) is 2. The van der Waals surface area contributed by atoms with Crippen LogP contribution in [0.2, 0.25) is 0 Å². The van der Waals surface area contributed by atoms with E-state index >= 15 is 0 Å². The van der Waals surface area contributed by atoms with Gasteiger partial charge in [-0.2, -0.15) is 0 Å². The van der Waals surface area contributed by atoms with Crippen molar-refractivity contribution in [2.24, 2.45) is 0 Å². The Morgan fingerprint density at radius 3 is 2.65 bits per heavy atom. The smallest absolute Gasteiger partial charge is 0.313 e. The van der Waals surface area contributed by atoms with Crippen LogP contribution in [0.3, 0.4) is 0 Å². The number of aliphatic hydroxyl groups is 2. The fraction of sp³-hybridized carbons (Fsp3) is 0.240. The van der Waals surface area contributed by atoms with Crippen LogP contribution in [0.4, 0.5) is 5.69 Å². The van der Waals surface area contributed by atoms with Gasteiger partial charge in [-0.3, -0.25) is 20.2 Å². The van der Waals surface area contributed by atoms with E-state index in [2.05, 4.69) is 5.32 Å². The first kappa shape index (κ1) is 23.4. The lowest BCUT2D eigenvalue weighted by molar-refractivity contribution is -0.385. The number of esters is 1. The van der Waals surface area contributed by atoms with Gasteiger partial charge in [0.1, 0.15) is 18.6 Å². The number of rotatable bonds is 7. The zero-order valence-corrected chi connectivity index (χ0v) is 18.6. The van der Waals surface area contributed by atoms with Crippen LogP contribution in [-0.4, -0.2) is 28.2 Å². The number of nitro benzene ring substituents is 1. The van der Waals surface area contributed by atoms with E-state index < -0.39 is 28.8 Å². The molecule has 0 radical (unpaired) electrons. The maximum Gasteiger partial charge on any atom is 0.313 e. The predicted molar refractivity (Wildman–Crippen MR) is 122 cm³/mol. The molecular weight excluding hydrogens is 440 g/mol. The zero-order chi connectivity index (χ0) is 24.5. The molecule has 9 nitrogen and oxygen atoms in total. The number of nitrogens with zero attached hydrogens (tertiary/aromatic N) is 1. The van der Waals surface area contributed by atoms with Gasteiger partial charge >= 0.3 is 5.97 Å². The maximum atomic E-state index is 12.7. The molecule has 1 heterocycles. The highest BCUT2D eigenvalue weighted by Crippen LogP contribution is 2.42. The van der Waals surface area contributed by atoms with Gasteiger partial charge in [-0.25, -0.2) is 0 Å². The van der Waals surface area contributed by atoms with Crippen molar-refractivity contribution in [1.29, 1.82) is 0 Å². The van der Waals surface area contributed by atoms with E-state index in [0.29, 0.717) is 16.9 Å². The maximum absolute atomic E-state index is 12.7. The third kappa shape index (κ3) is 4.24. The van der Waals surface area contributed by atoms with Gasteiger partial charge in [0.15, 0.2) is 5.72 Å². The molecule has 3 aromatic rings. The van der Waals surface area contributed by atoms with Gasteiger partial charge in [0, 0.05) is 28.8 Å². The molecular formula is C25H24N2O7. The molecule has 0 amide bonds. The van der Waals surface area contributed by atoms with Crippen molar-refractivity contribution >= 4 is 11.7 Å². The topological polar surface area (TPSA) is 131 Å². The second-order valence-corrected chi connectivity index (χ2v) is 8.05. The van der Waals surface area contributed by atoms with Crippen LogP contribution in [0.15, 0.2) is 66.7 Å². The summed E-state index contributed by atoms with van der Waals surface area (Å²) in [7, 11) is 1.55. The molecule has 9 heteroatoms. The van der Waals surface area contributed by atoms with Gasteiger partial charge in [-0.1, -0.05) is 36.4 Å². The predicted octanol–water partition coefficient (Wildman–Crippen LogP) is 3.24. The second kappa shape index (κ2) is 9.22. The average molecular weight is 464 g/mol. The molecule has 0 aliphatic carbocycles. The number of carbonyl (C=O) groups excluding carboxylic acids is 1. The van der Waals surface area contributed by atoms with Crippen molar-refractivity contribution in [1.82, 2.24) is 5.32 Å². The highest BCUT2D eigenvalue weighted by atomic mass is 16.6. The third-order valence-electron chi connectivity index (χ3n) is 6.00.